The molecule has 1 aromatic carbocycles. The van der Waals surface area contributed by atoms with Crippen molar-refractivity contribution < 1.29 is 19.1 Å². The summed E-state index contributed by atoms with van der Waals surface area (Å²) in [5, 5.41) is 2.71. The van der Waals surface area contributed by atoms with Gasteiger partial charge in [-0.1, -0.05) is 6.07 Å². The summed E-state index contributed by atoms with van der Waals surface area (Å²) in [6, 6.07) is 11.8. The van der Waals surface area contributed by atoms with E-state index in [4.69, 9.17) is 9.47 Å². The average Bonchev–Trinajstić information content (AvgIpc) is 2.80. The fraction of sp³-hybridized carbons (Fsp3) is 0.409. The third-order valence-electron chi connectivity index (χ3n) is 5.18. The zero-order valence-electron chi connectivity index (χ0n) is 17.4. The van der Waals surface area contributed by atoms with Gasteiger partial charge in [-0.2, -0.15) is 0 Å². The second-order valence-corrected chi connectivity index (χ2v) is 6.95. The Labute approximate surface area is 176 Å². The lowest BCUT2D eigenvalue weighted by molar-refractivity contribution is -0.154. The van der Waals surface area contributed by atoms with Gasteiger partial charge in [0.15, 0.2) is 0 Å². The molecular formula is C22H28N4O4. The molecule has 1 amide bonds. The van der Waals surface area contributed by atoms with Gasteiger partial charge in [0.25, 0.3) is 0 Å². The zero-order chi connectivity index (χ0) is 21.3. The van der Waals surface area contributed by atoms with Crippen LogP contribution in [-0.4, -0.2) is 68.2 Å². The van der Waals surface area contributed by atoms with Crippen molar-refractivity contribution in [2.45, 2.75) is 13.0 Å². The molecule has 8 heteroatoms. The number of carbonyl (C=O) groups excluding carboxylic acids is 2. The summed E-state index contributed by atoms with van der Waals surface area (Å²) < 4.78 is 10.0. The van der Waals surface area contributed by atoms with E-state index >= 15 is 0 Å². The number of piperazine rings is 1. The maximum absolute atomic E-state index is 12.0. The van der Waals surface area contributed by atoms with Gasteiger partial charge < -0.3 is 19.7 Å². The standard InChI is InChI=1S/C22H28N4O4/c1-3-30-22(28)21(27)24-16-20(17-5-4-10-23-15-17)26-13-11-25(12-14-26)18-6-8-19(29-2)9-7-18/h4-10,15,20H,3,11-14,16H2,1-2H3,(H,24,27)/t20-/m0/s1. The smallest absolute Gasteiger partial charge is 0.396 e. The molecule has 1 aliphatic heterocycles. The predicted octanol–water partition coefficient (Wildman–Crippen LogP) is 1.63. The minimum atomic E-state index is -0.855. The molecule has 1 aliphatic rings. The molecule has 1 aromatic heterocycles. The molecule has 30 heavy (non-hydrogen) atoms. The lowest BCUT2D eigenvalue weighted by atomic mass is 10.1. The Kier molecular flexibility index (Phi) is 7.62. The number of ether oxygens (including phenoxy) is 2. The number of esters is 1. The predicted molar refractivity (Wildman–Crippen MR) is 113 cm³/mol. The van der Waals surface area contributed by atoms with E-state index in [1.165, 1.54) is 0 Å². The van der Waals surface area contributed by atoms with E-state index in [-0.39, 0.29) is 12.6 Å². The third kappa shape index (κ3) is 5.48. The number of amides is 1. The van der Waals surface area contributed by atoms with Crippen LogP contribution in [0.25, 0.3) is 0 Å². The second kappa shape index (κ2) is 10.6. The molecule has 8 nitrogen and oxygen atoms in total. The molecule has 2 aromatic rings. The molecule has 1 atom stereocenters. The van der Waals surface area contributed by atoms with E-state index in [0.29, 0.717) is 6.54 Å². The fourth-order valence-electron chi connectivity index (χ4n) is 3.57. The normalized spacial score (nSPS) is 15.3. The minimum absolute atomic E-state index is 0.0740. The van der Waals surface area contributed by atoms with Gasteiger partial charge in [0.05, 0.1) is 19.8 Å². The molecule has 160 valence electrons. The molecular weight excluding hydrogens is 384 g/mol. The molecule has 0 saturated carbocycles. The van der Waals surface area contributed by atoms with Gasteiger partial charge in [-0.05, 0) is 42.8 Å². The fourth-order valence-corrected chi connectivity index (χ4v) is 3.57. The van der Waals surface area contributed by atoms with Crippen LogP contribution in [0, 0.1) is 0 Å². The maximum atomic E-state index is 12.0. The van der Waals surface area contributed by atoms with Crippen LogP contribution in [0.4, 0.5) is 5.69 Å². The summed E-state index contributed by atoms with van der Waals surface area (Å²) in [5.74, 6) is -0.735. The Bertz CT molecular complexity index is 821. The van der Waals surface area contributed by atoms with Gasteiger partial charge in [-0.3, -0.25) is 14.7 Å². The van der Waals surface area contributed by atoms with Crippen molar-refractivity contribution in [1.29, 1.82) is 0 Å². The lowest BCUT2D eigenvalue weighted by Gasteiger charge is -2.40. The number of aromatic nitrogens is 1. The van der Waals surface area contributed by atoms with Crippen LogP contribution in [0.2, 0.25) is 0 Å². The highest BCUT2D eigenvalue weighted by molar-refractivity contribution is 6.32. The van der Waals surface area contributed by atoms with Crippen molar-refractivity contribution in [1.82, 2.24) is 15.2 Å². The van der Waals surface area contributed by atoms with Crippen LogP contribution >= 0.6 is 0 Å². The molecule has 0 unspecified atom stereocenters. The van der Waals surface area contributed by atoms with Gasteiger partial charge in [0.2, 0.25) is 0 Å². The topological polar surface area (TPSA) is 84.0 Å². The number of pyridine rings is 1. The van der Waals surface area contributed by atoms with Crippen molar-refractivity contribution in [2.75, 3.05) is 51.3 Å². The number of rotatable bonds is 7. The highest BCUT2D eigenvalue weighted by Crippen LogP contribution is 2.25. The summed E-state index contributed by atoms with van der Waals surface area (Å²) in [4.78, 5) is 32.5. The van der Waals surface area contributed by atoms with E-state index < -0.39 is 11.9 Å². The zero-order valence-corrected chi connectivity index (χ0v) is 17.4. The van der Waals surface area contributed by atoms with E-state index in [1.807, 2.05) is 24.3 Å². The summed E-state index contributed by atoms with van der Waals surface area (Å²) in [6.45, 7) is 5.51. The van der Waals surface area contributed by atoms with E-state index in [0.717, 1.165) is 43.2 Å². The number of nitrogens with zero attached hydrogens (tertiary/aromatic N) is 3. The van der Waals surface area contributed by atoms with Crippen LogP contribution in [0.1, 0.15) is 18.5 Å². The van der Waals surface area contributed by atoms with Crippen molar-refractivity contribution in [3.63, 3.8) is 0 Å². The SMILES string of the molecule is CCOC(=O)C(=O)NC[C@@H](c1cccnc1)N1CCN(c2ccc(OC)cc2)CC1. The summed E-state index contributed by atoms with van der Waals surface area (Å²) in [6.07, 6.45) is 3.52. The highest BCUT2D eigenvalue weighted by atomic mass is 16.5. The van der Waals surface area contributed by atoms with E-state index in [1.54, 1.807) is 26.4 Å². The Balaban J connectivity index is 1.64. The monoisotopic (exact) mass is 412 g/mol. The average molecular weight is 412 g/mol. The molecule has 2 heterocycles. The van der Waals surface area contributed by atoms with Crippen LogP contribution < -0.4 is 15.0 Å². The first-order chi connectivity index (χ1) is 14.6. The van der Waals surface area contributed by atoms with Crippen molar-refractivity contribution in [3.8, 4) is 5.75 Å². The Morgan fingerprint density at radius 1 is 1.13 bits per heavy atom. The number of anilines is 1. The summed E-state index contributed by atoms with van der Waals surface area (Å²) in [7, 11) is 1.66. The number of hydrogen-bond donors (Lipinski definition) is 1. The van der Waals surface area contributed by atoms with Crippen molar-refractivity contribution >= 4 is 17.6 Å². The lowest BCUT2D eigenvalue weighted by Crippen LogP contribution is -2.50. The summed E-state index contributed by atoms with van der Waals surface area (Å²) in [5.41, 5.74) is 2.16. The molecule has 0 aliphatic carbocycles. The molecule has 0 bridgehead atoms. The number of nitrogens with one attached hydrogen (secondary N) is 1. The molecule has 3 rings (SSSR count). The van der Waals surface area contributed by atoms with Gasteiger partial charge in [-0.25, -0.2) is 4.79 Å². The second-order valence-electron chi connectivity index (χ2n) is 6.95. The van der Waals surface area contributed by atoms with Gasteiger partial charge in [-0.15, -0.1) is 0 Å². The Morgan fingerprint density at radius 2 is 1.87 bits per heavy atom. The molecule has 1 N–H and O–H groups in total. The largest absolute Gasteiger partial charge is 0.497 e. The van der Waals surface area contributed by atoms with Crippen molar-refractivity contribution in [3.05, 3.63) is 54.4 Å². The van der Waals surface area contributed by atoms with Gasteiger partial charge >= 0.3 is 11.9 Å². The van der Waals surface area contributed by atoms with Crippen LogP contribution in [0.5, 0.6) is 5.75 Å². The van der Waals surface area contributed by atoms with Gasteiger partial charge in [0, 0.05) is 50.8 Å². The van der Waals surface area contributed by atoms with E-state index in [2.05, 4.69) is 32.2 Å². The first kappa shape index (κ1) is 21.6. The Morgan fingerprint density at radius 3 is 2.47 bits per heavy atom. The first-order valence-electron chi connectivity index (χ1n) is 10.1. The van der Waals surface area contributed by atoms with E-state index in [9.17, 15) is 9.59 Å². The number of carbonyl (C=O) groups is 2. The quantitative estimate of drug-likeness (QED) is 0.547. The van der Waals surface area contributed by atoms with Crippen LogP contribution in [0.15, 0.2) is 48.8 Å². The molecule has 1 fully saturated rings. The van der Waals surface area contributed by atoms with Gasteiger partial charge in [0.1, 0.15) is 5.75 Å². The number of benzene rings is 1. The highest BCUT2D eigenvalue weighted by Gasteiger charge is 2.27. The number of hydrogen-bond acceptors (Lipinski definition) is 7. The minimum Gasteiger partial charge on any atom is -0.497 e. The van der Waals surface area contributed by atoms with Crippen LogP contribution in [-0.2, 0) is 14.3 Å². The van der Waals surface area contributed by atoms with Crippen LogP contribution in [0.3, 0.4) is 0 Å². The molecule has 1 saturated heterocycles. The summed E-state index contributed by atoms with van der Waals surface area (Å²) >= 11 is 0. The molecule has 0 radical (unpaired) electrons. The number of methoxy groups -OCH3 is 1. The molecule has 0 spiro atoms. The van der Waals surface area contributed by atoms with Crippen molar-refractivity contribution in [2.24, 2.45) is 0 Å². The first-order valence-corrected chi connectivity index (χ1v) is 10.1. The maximum Gasteiger partial charge on any atom is 0.396 e. The Hall–Kier alpha value is -3.13. The third-order valence-corrected chi connectivity index (χ3v) is 5.18.